The number of nitrogens with zero attached hydrogens (tertiary/aromatic N) is 1. The molecule has 2 nitrogen and oxygen atoms in total. The summed E-state index contributed by atoms with van der Waals surface area (Å²) in [5, 5.41) is 3.52. The van der Waals surface area contributed by atoms with Crippen LogP contribution in [-0.2, 0) is 0 Å². The lowest BCUT2D eigenvalue weighted by Gasteiger charge is -2.15. The van der Waals surface area contributed by atoms with Crippen molar-refractivity contribution in [1.29, 1.82) is 0 Å². The maximum Gasteiger partial charge on any atom is 0.0370 e. The zero-order valence-electron chi connectivity index (χ0n) is 10.5. The van der Waals surface area contributed by atoms with Crippen molar-refractivity contribution in [1.82, 2.24) is 4.90 Å². The molecule has 0 saturated carbocycles. The number of hydrogen-bond donors (Lipinski definition) is 1. The first kappa shape index (κ1) is 12.9. The maximum atomic E-state index is 3.52. The fourth-order valence-electron chi connectivity index (χ4n) is 2.36. The monoisotopic (exact) mass is 296 g/mol. The van der Waals surface area contributed by atoms with E-state index in [1.54, 1.807) is 0 Å². The Balaban J connectivity index is 1.70. The van der Waals surface area contributed by atoms with Crippen LogP contribution in [0.4, 0.5) is 5.69 Å². The van der Waals surface area contributed by atoms with Gasteiger partial charge in [0.2, 0.25) is 0 Å². The van der Waals surface area contributed by atoms with E-state index in [2.05, 4.69) is 51.3 Å². The van der Waals surface area contributed by atoms with Crippen LogP contribution in [-0.4, -0.2) is 31.1 Å². The van der Waals surface area contributed by atoms with Crippen LogP contribution in [0.5, 0.6) is 0 Å². The van der Waals surface area contributed by atoms with Crippen molar-refractivity contribution >= 4 is 21.6 Å². The van der Waals surface area contributed by atoms with E-state index in [9.17, 15) is 0 Å². The smallest absolute Gasteiger partial charge is 0.0370 e. The first-order chi connectivity index (χ1) is 8.25. The van der Waals surface area contributed by atoms with Gasteiger partial charge >= 0.3 is 0 Å². The van der Waals surface area contributed by atoms with E-state index in [-0.39, 0.29) is 0 Å². The Labute approximate surface area is 113 Å². The zero-order chi connectivity index (χ0) is 12.1. The van der Waals surface area contributed by atoms with Gasteiger partial charge in [-0.2, -0.15) is 0 Å². The number of benzene rings is 1. The number of likely N-dealkylation sites (tertiary alicyclic amines) is 1. The van der Waals surface area contributed by atoms with Crippen LogP contribution in [0.25, 0.3) is 0 Å². The van der Waals surface area contributed by atoms with Crippen LogP contribution in [0.15, 0.2) is 22.7 Å². The molecule has 1 heterocycles. The van der Waals surface area contributed by atoms with Crippen molar-refractivity contribution < 1.29 is 0 Å². The van der Waals surface area contributed by atoms with Crippen molar-refractivity contribution in [2.75, 3.05) is 31.5 Å². The fraction of sp³-hybridized carbons (Fsp3) is 0.571. The zero-order valence-corrected chi connectivity index (χ0v) is 12.1. The second kappa shape index (κ2) is 6.41. The van der Waals surface area contributed by atoms with Crippen molar-refractivity contribution in [2.45, 2.75) is 26.2 Å². The highest BCUT2D eigenvalue weighted by atomic mass is 79.9. The molecule has 0 unspecified atom stereocenters. The standard InChI is InChI=1S/C14H21BrN2/c1-12-11-13(15)5-6-14(12)16-7-4-10-17-8-2-3-9-17/h5-6,11,16H,2-4,7-10H2,1H3. The lowest BCUT2D eigenvalue weighted by Crippen LogP contribution is -2.22. The average molecular weight is 297 g/mol. The molecular formula is C14H21BrN2. The predicted octanol–water partition coefficient (Wildman–Crippen LogP) is 3.66. The molecular weight excluding hydrogens is 276 g/mol. The molecule has 0 amide bonds. The fourth-order valence-corrected chi connectivity index (χ4v) is 2.83. The van der Waals surface area contributed by atoms with Crippen molar-refractivity contribution in [3.8, 4) is 0 Å². The number of rotatable bonds is 5. The Morgan fingerprint density at radius 2 is 2.06 bits per heavy atom. The van der Waals surface area contributed by atoms with E-state index in [1.165, 1.54) is 50.1 Å². The number of anilines is 1. The molecule has 1 saturated heterocycles. The summed E-state index contributed by atoms with van der Waals surface area (Å²) < 4.78 is 1.15. The lowest BCUT2D eigenvalue weighted by molar-refractivity contribution is 0.337. The third-order valence-electron chi connectivity index (χ3n) is 3.35. The molecule has 2 rings (SSSR count). The molecule has 3 heteroatoms. The van der Waals surface area contributed by atoms with E-state index in [1.807, 2.05) is 0 Å². The molecule has 1 aromatic carbocycles. The molecule has 1 N–H and O–H groups in total. The molecule has 0 bridgehead atoms. The topological polar surface area (TPSA) is 15.3 Å². The minimum Gasteiger partial charge on any atom is -0.385 e. The van der Waals surface area contributed by atoms with Gasteiger partial charge in [0.05, 0.1) is 0 Å². The highest BCUT2D eigenvalue weighted by Gasteiger charge is 2.10. The third-order valence-corrected chi connectivity index (χ3v) is 3.85. The van der Waals surface area contributed by atoms with E-state index in [4.69, 9.17) is 0 Å². The number of aryl methyl sites for hydroxylation is 1. The van der Waals surface area contributed by atoms with Crippen molar-refractivity contribution in [2.24, 2.45) is 0 Å². The van der Waals surface area contributed by atoms with Gasteiger partial charge in [-0.05, 0) is 69.6 Å². The molecule has 1 aliphatic heterocycles. The van der Waals surface area contributed by atoms with Crippen molar-refractivity contribution in [3.63, 3.8) is 0 Å². The van der Waals surface area contributed by atoms with Crippen LogP contribution in [0, 0.1) is 6.92 Å². The molecule has 17 heavy (non-hydrogen) atoms. The molecule has 0 radical (unpaired) electrons. The van der Waals surface area contributed by atoms with Gasteiger partial charge in [0.15, 0.2) is 0 Å². The predicted molar refractivity (Wildman–Crippen MR) is 77.7 cm³/mol. The molecule has 1 aromatic rings. The summed E-state index contributed by atoms with van der Waals surface area (Å²) in [5.74, 6) is 0. The summed E-state index contributed by atoms with van der Waals surface area (Å²) in [6.45, 7) is 7.06. The molecule has 0 aliphatic carbocycles. The van der Waals surface area contributed by atoms with Crippen LogP contribution >= 0.6 is 15.9 Å². The van der Waals surface area contributed by atoms with Gasteiger partial charge in [0, 0.05) is 16.7 Å². The summed E-state index contributed by atoms with van der Waals surface area (Å²) in [6, 6.07) is 6.40. The van der Waals surface area contributed by atoms with Crippen LogP contribution in [0.3, 0.4) is 0 Å². The molecule has 0 spiro atoms. The Morgan fingerprint density at radius 1 is 1.29 bits per heavy atom. The lowest BCUT2D eigenvalue weighted by atomic mass is 10.2. The minimum atomic E-state index is 1.07. The van der Waals surface area contributed by atoms with Gasteiger partial charge < -0.3 is 10.2 Å². The quantitative estimate of drug-likeness (QED) is 0.835. The Hall–Kier alpha value is -0.540. The second-order valence-corrected chi connectivity index (χ2v) is 5.70. The van der Waals surface area contributed by atoms with Crippen LogP contribution in [0.2, 0.25) is 0 Å². The maximum absolute atomic E-state index is 3.52. The van der Waals surface area contributed by atoms with Gasteiger partial charge in [-0.1, -0.05) is 15.9 Å². The van der Waals surface area contributed by atoms with Gasteiger partial charge in [0.25, 0.3) is 0 Å². The SMILES string of the molecule is Cc1cc(Br)ccc1NCCCN1CCCC1. The van der Waals surface area contributed by atoms with Gasteiger partial charge in [-0.25, -0.2) is 0 Å². The minimum absolute atomic E-state index is 1.07. The Bertz CT molecular complexity index is 359. The normalized spacial score (nSPS) is 16.4. The second-order valence-electron chi connectivity index (χ2n) is 4.79. The van der Waals surface area contributed by atoms with E-state index in [0.717, 1.165) is 11.0 Å². The first-order valence-corrected chi connectivity index (χ1v) is 7.27. The van der Waals surface area contributed by atoms with Gasteiger partial charge in [-0.15, -0.1) is 0 Å². The molecule has 0 atom stereocenters. The summed E-state index contributed by atoms with van der Waals surface area (Å²) in [5.41, 5.74) is 2.56. The summed E-state index contributed by atoms with van der Waals surface area (Å²) in [7, 11) is 0. The number of hydrogen-bond acceptors (Lipinski definition) is 2. The van der Waals surface area contributed by atoms with Crippen molar-refractivity contribution in [3.05, 3.63) is 28.2 Å². The summed E-state index contributed by atoms with van der Waals surface area (Å²) in [6.07, 6.45) is 4.01. The molecule has 1 aliphatic rings. The first-order valence-electron chi connectivity index (χ1n) is 6.48. The van der Waals surface area contributed by atoms with Gasteiger partial charge in [-0.3, -0.25) is 0 Å². The Morgan fingerprint density at radius 3 is 2.76 bits per heavy atom. The molecule has 94 valence electrons. The number of nitrogens with one attached hydrogen (secondary N) is 1. The largest absolute Gasteiger partial charge is 0.385 e. The highest BCUT2D eigenvalue weighted by molar-refractivity contribution is 9.10. The summed E-state index contributed by atoms with van der Waals surface area (Å²) >= 11 is 3.49. The highest BCUT2D eigenvalue weighted by Crippen LogP contribution is 2.19. The van der Waals surface area contributed by atoms with E-state index in [0.29, 0.717) is 0 Å². The third kappa shape index (κ3) is 4.00. The van der Waals surface area contributed by atoms with E-state index >= 15 is 0 Å². The van der Waals surface area contributed by atoms with Gasteiger partial charge in [0.1, 0.15) is 0 Å². The number of halogens is 1. The average Bonchev–Trinajstić information content (AvgIpc) is 2.79. The molecule has 1 fully saturated rings. The van der Waals surface area contributed by atoms with Crippen LogP contribution in [0.1, 0.15) is 24.8 Å². The Kier molecular flexibility index (Phi) is 4.86. The molecule has 0 aromatic heterocycles. The van der Waals surface area contributed by atoms with E-state index < -0.39 is 0 Å². The summed E-state index contributed by atoms with van der Waals surface area (Å²) in [4.78, 5) is 2.57. The van der Waals surface area contributed by atoms with Crippen LogP contribution < -0.4 is 5.32 Å².